The van der Waals surface area contributed by atoms with Gasteiger partial charge in [-0.2, -0.15) is 0 Å². The van der Waals surface area contributed by atoms with Gasteiger partial charge in [-0.15, -0.1) is 11.6 Å². The Morgan fingerprint density at radius 3 is 2.00 bits per heavy atom. The summed E-state index contributed by atoms with van der Waals surface area (Å²) in [5, 5.41) is 0. The van der Waals surface area contributed by atoms with Crippen LogP contribution in [0.2, 0.25) is 0 Å². The predicted molar refractivity (Wildman–Crippen MR) is 42.0 cm³/mol. The Hall–Kier alpha value is -0.530. The van der Waals surface area contributed by atoms with Gasteiger partial charge in [0.1, 0.15) is 0 Å². The van der Waals surface area contributed by atoms with Crippen molar-refractivity contribution >= 4 is 11.6 Å². The van der Waals surface area contributed by atoms with Crippen molar-refractivity contribution < 1.29 is 0 Å². The van der Waals surface area contributed by atoms with Crippen molar-refractivity contribution in [2.45, 2.75) is 5.88 Å². The summed E-state index contributed by atoms with van der Waals surface area (Å²) < 4.78 is 0. The SMILES string of the molecule is ClCc1ccccc1.[NH4+]. The van der Waals surface area contributed by atoms with Gasteiger partial charge in [0.15, 0.2) is 0 Å². The average Bonchev–Trinajstić information content (AvgIpc) is 1.90. The molecular weight excluding hydrogens is 134 g/mol. The van der Waals surface area contributed by atoms with E-state index in [9.17, 15) is 0 Å². The molecule has 0 saturated heterocycles. The molecule has 0 aliphatic rings. The highest BCUT2D eigenvalue weighted by molar-refractivity contribution is 6.17. The van der Waals surface area contributed by atoms with E-state index in [0.29, 0.717) is 5.88 Å². The lowest BCUT2D eigenvalue weighted by molar-refractivity contribution is 1.41. The van der Waals surface area contributed by atoms with Crippen LogP contribution in [0.3, 0.4) is 0 Å². The van der Waals surface area contributed by atoms with Crippen LogP contribution in [0.5, 0.6) is 0 Å². The van der Waals surface area contributed by atoms with Crippen LogP contribution in [-0.4, -0.2) is 0 Å². The maximum absolute atomic E-state index is 5.53. The molecule has 0 bridgehead atoms. The summed E-state index contributed by atoms with van der Waals surface area (Å²) >= 11 is 5.53. The molecule has 0 fully saturated rings. The van der Waals surface area contributed by atoms with Crippen LogP contribution < -0.4 is 6.15 Å². The third kappa shape index (κ3) is 2.49. The highest BCUT2D eigenvalue weighted by atomic mass is 35.5. The Morgan fingerprint density at radius 1 is 1.11 bits per heavy atom. The van der Waals surface area contributed by atoms with Gasteiger partial charge in [0.25, 0.3) is 0 Å². The third-order valence-corrected chi connectivity index (χ3v) is 1.31. The van der Waals surface area contributed by atoms with Crippen LogP contribution >= 0.6 is 11.6 Å². The fraction of sp³-hybridized carbons (Fsp3) is 0.143. The lowest BCUT2D eigenvalue weighted by atomic mass is 10.2. The van der Waals surface area contributed by atoms with Gasteiger partial charge < -0.3 is 6.15 Å². The Kier molecular flexibility index (Phi) is 4.10. The lowest BCUT2D eigenvalue weighted by Gasteiger charge is -1.88. The first-order valence-electron chi connectivity index (χ1n) is 2.53. The van der Waals surface area contributed by atoms with Crippen LogP contribution in [0.4, 0.5) is 0 Å². The van der Waals surface area contributed by atoms with E-state index in [1.165, 1.54) is 5.56 Å². The highest BCUT2D eigenvalue weighted by Crippen LogP contribution is 2.00. The number of quaternary nitrogens is 1. The molecule has 0 radical (unpaired) electrons. The second-order valence-electron chi connectivity index (χ2n) is 1.62. The molecule has 1 nitrogen and oxygen atoms in total. The first kappa shape index (κ1) is 8.47. The summed E-state index contributed by atoms with van der Waals surface area (Å²) in [6, 6.07) is 9.96. The molecule has 2 heteroatoms. The molecule has 0 saturated carbocycles. The molecule has 1 aromatic carbocycles. The summed E-state index contributed by atoms with van der Waals surface area (Å²) in [7, 11) is 0. The fourth-order valence-corrected chi connectivity index (χ4v) is 0.745. The Balaban J connectivity index is 0.000000640. The molecule has 0 atom stereocenters. The minimum Gasteiger partial charge on any atom is -0.369 e. The average molecular weight is 145 g/mol. The van der Waals surface area contributed by atoms with Gasteiger partial charge in [-0.1, -0.05) is 30.3 Å². The molecule has 1 rings (SSSR count). The Labute approximate surface area is 60.2 Å². The van der Waals surface area contributed by atoms with Gasteiger partial charge in [0.05, 0.1) is 0 Å². The summed E-state index contributed by atoms with van der Waals surface area (Å²) in [6.45, 7) is 0. The van der Waals surface area contributed by atoms with Gasteiger partial charge in [-0.25, -0.2) is 0 Å². The summed E-state index contributed by atoms with van der Waals surface area (Å²) in [4.78, 5) is 0. The van der Waals surface area contributed by atoms with E-state index in [0.717, 1.165) is 0 Å². The predicted octanol–water partition coefficient (Wildman–Crippen LogP) is 2.80. The second-order valence-corrected chi connectivity index (χ2v) is 1.89. The zero-order valence-corrected chi connectivity index (χ0v) is 6.23. The number of hydrogen-bond acceptors (Lipinski definition) is 0. The molecule has 0 spiro atoms. The van der Waals surface area contributed by atoms with Gasteiger partial charge in [-0.3, -0.25) is 0 Å². The van der Waals surface area contributed by atoms with Crippen molar-refractivity contribution in [3.8, 4) is 0 Å². The summed E-state index contributed by atoms with van der Waals surface area (Å²) in [5.74, 6) is 0.612. The van der Waals surface area contributed by atoms with Crippen molar-refractivity contribution in [2.24, 2.45) is 0 Å². The molecule has 0 aromatic heterocycles. The molecule has 9 heavy (non-hydrogen) atoms. The van der Waals surface area contributed by atoms with Gasteiger partial charge in [0.2, 0.25) is 0 Å². The fourth-order valence-electron chi connectivity index (χ4n) is 0.567. The molecule has 0 unspecified atom stereocenters. The van der Waals surface area contributed by atoms with Crippen molar-refractivity contribution in [1.29, 1.82) is 0 Å². The Morgan fingerprint density at radius 2 is 1.67 bits per heavy atom. The van der Waals surface area contributed by atoms with Crippen LogP contribution in [0.25, 0.3) is 0 Å². The monoisotopic (exact) mass is 144 g/mol. The van der Waals surface area contributed by atoms with Gasteiger partial charge >= 0.3 is 0 Å². The number of hydrogen-bond donors (Lipinski definition) is 1. The lowest BCUT2D eigenvalue weighted by Crippen LogP contribution is -1.71. The molecular formula is C7H11ClN+. The van der Waals surface area contributed by atoms with E-state index >= 15 is 0 Å². The second kappa shape index (κ2) is 4.36. The standard InChI is InChI=1S/C7H7Cl.H3N/c8-6-7-4-2-1-3-5-7;/h1-5H,6H2;1H3/p+1. The zero-order chi connectivity index (χ0) is 5.82. The van der Waals surface area contributed by atoms with E-state index in [1.54, 1.807) is 0 Å². The molecule has 4 N–H and O–H groups in total. The van der Waals surface area contributed by atoms with Crippen molar-refractivity contribution in [3.63, 3.8) is 0 Å². The maximum atomic E-state index is 5.53. The quantitative estimate of drug-likeness (QED) is 0.589. The minimum atomic E-state index is 0. The van der Waals surface area contributed by atoms with E-state index in [2.05, 4.69) is 0 Å². The molecule has 0 amide bonds. The topological polar surface area (TPSA) is 36.5 Å². The molecule has 0 aliphatic carbocycles. The number of alkyl halides is 1. The number of rotatable bonds is 1. The van der Waals surface area contributed by atoms with E-state index < -0.39 is 0 Å². The van der Waals surface area contributed by atoms with Crippen molar-refractivity contribution in [2.75, 3.05) is 0 Å². The first-order valence-corrected chi connectivity index (χ1v) is 3.07. The molecule has 0 heterocycles. The normalized spacial score (nSPS) is 8.11. The highest BCUT2D eigenvalue weighted by Gasteiger charge is 1.81. The van der Waals surface area contributed by atoms with Crippen LogP contribution in [0, 0.1) is 0 Å². The largest absolute Gasteiger partial charge is 0.369 e. The van der Waals surface area contributed by atoms with Gasteiger partial charge in [-0.05, 0) is 5.56 Å². The van der Waals surface area contributed by atoms with Crippen LogP contribution in [-0.2, 0) is 5.88 Å². The molecule has 50 valence electrons. The molecule has 1 aromatic rings. The number of benzene rings is 1. The summed E-state index contributed by atoms with van der Waals surface area (Å²) in [6.07, 6.45) is 0. The minimum absolute atomic E-state index is 0. The van der Waals surface area contributed by atoms with Gasteiger partial charge in [0, 0.05) is 5.88 Å². The maximum Gasteiger partial charge on any atom is 0.0474 e. The van der Waals surface area contributed by atoms with E-state index in [4.69, 9.17) is 11.6 Å². The van der Waals surface area contributed by atoms with E-state index in [-0.39, 0.29) is 6.15 Å². The Bertz CT molecular complexity index is 150. The van der Waals surface area contributed by atoms with E-state index in [1.807, 2.05) is 30.3 Å². The smallest absolute Gasteiger partial charge is 0.0474 e. The van der Waals surface area contributed by atoms with Crippen molar-refractivity contribution in [1.82, 2.24) is 6.15 Å². The molecule has 0 aliphatic heterocycles. The van der Waals surface area contributed by atoms with Crippen LogP contribution in [0.1, 0.15) is 5.56 Å². The van der Waals surface area contributed by atoms with Crippen molar-refractivity contribution in [3.05, 3.63) is 35.9 Å². The van der Waals surface area contributed by atoms with Crippen LogP contribution in [0.15, 0.2) is 30.3 Å². The number of halogens is 1. The zero-order valence-electron chi connectivity index (χ0n) is 5.47. The summed E-state index contributed by atoms with van der Waals surface area (Å²) in [5.41, 5.74) is 1.18. The third-order valence-electron chi connectivity index (χ3n) is 0.997. The first-order chi connectivity index (χ1) is 3.93.